The molecule has 3 aromatic rings. The first kappa shape index (κ1) is 19.8. The number of likely N-dealkylation sites (tertiary alicyclic amines) is 1. The van der Waals surface area contributed by atoms with Crippen LogP contribution in [-0.4, -0.2) is 49.6 Å². The number of carbonyl (C=O) groups excluding carboxylic acids is 2. The Morgan fingerprint density at radius 2 is 1.77 bits per heavy atom. The van der Waals surface area contributed by atoms with E-state index in [1.807, 2.05) is 26.0 Å². The summed E-state index contributed by atoms with van der Waals surface area (Å²) in [6, 6.07) is 5.94. The Morgan fingerprint density at radius 3 is 2.43 bits per heavy atom. The van der Waals surface area contributed by atoms with E-state index >= 15 is 0 Å². The number of rotatable bonds is 3. The minimum absolute atomic E-state index is 0.0341. The molecule has 2 amide bonds. The summed E-state index contributed by atoms with van der Waals surface area (Å²) in [5.74, 6) is -0.543. The molecule has 0 aliphatic carbocycles. The zero-order chi connectivity index (χ0) is 21.4. The van der Waals surface area contributed by atoms with Crippen molar-refractivity contribution in [2.24, 2.45) is 5.92 Å². The number of nitrogens with one attached hydrogen (secondary N) is 2. The van der Waals surface area contributed by atoms with E-state index in [9.17, 15) is 14.4 Å². The number of hydrogen-bond donors (Lipinski definition) is 2. The van der Waals surface area contributed by atoms with Gasteiger partial charge in [0.25, 0.3) is 11.5 Å². The van der Waals surface area contributed by atoms with Crippen LogP contribution < -0.4 is 10.9 Å². The molecule has 0 saturated carbocycles. The highest BCUT2D eigenvalue weighted by atomic mass is 16.2. The van der Waals surface area contributed by atoms with Crippen LogP contribution in [0.4, 0.5) is 5.69 Å². The van der Waals surface area contributed by atoms with E-state index in [0.29, 0.717) is 31.6 Å². The van der Waals surface area contributed by atoms with Gasteiger partial charge in [-0.15, -0.1) is 5.10 Å². The van der Waals surface area contributed by atoms with E-state index in [2.05, 4.69) is 26.7 Å². The van der Waals surface area contributed by atoms with Gasteiger partial charge in [0.15, 0.2) is 11.2 Å². The third kappa shape index (κ3) is 3.83. The zero-order valence-electron chi connectivity index (χ0n) is 17.2. The van der Waals surface area contributed by atoms with Crippen LogP contribution in [-0.2, 0) is 4.79 Å². The summed E-state index contributed by atoms with van der Waals surface area (Å²) < 4.78 is 1.32. The molecular weight excluding hydrogens is 384 g/mol. The fourth-order valence-electron chi connectivity index (χ4n) is 3.98. The lowest BCUT2D eigenvalue weighted by Gasteiger charge is -2.30. The highest BCUT2D eigenvalue weighted by Gasteiger charge is 2.30. The molecule has 0 unspecified atom stereocenters. The van der Waals surface area contributed by atoms with Gasteiger partial charge in [-0.25, -0.2) is 4.52 Å². The summed E-state index contributed by atoms with van der Waals surface area (Å²) in [6.45, 7) is 6.57. The van der Waals surface area contributed by atoms with Gasteiger partial charge in [-0.3, -0.25) is 14.4 Å². The standard InChI is InChI=1S/C21H24N6O3/c1-12-8-13(2)10-16(9-12)23-19(28)15-4-6-26(7-5-15)21(30)17-18-20(29)22-14(3)11-27(18)25-24-17/h8-11,15H,4-7H2,1-3H3,(H,22,29)(H,23,28). The highest BCUT2D eigenvalue weighted by Crippen LogP contribution is 2.22. The maximum absolute atomic E-state index is 12.9. The number of benzene rings is 1. The fraction of sp³-hybridized carbons (Fsp3) is 0.381. The maximum Gasteiger partial charge on any atom is 0.276 e. The van der Waals surface area contributed by atoms with Crippen molar-refractivity contribution in [1.82, 2.24) is 24.7 Å². The van der Waals surface area contributed by atoms with Gasteiger partial charge in [0.1, 0.15) is 0 Å². The molecule has 1 aromatic carbocycles. The van der Waals surface area contributed by atoms with Gasteiger partial charge in [-0.2, -0.15) is 0 Å². The van der Waals surface area contributed by atoms with Crippen molar-refractivity contribution in [2.45, 2.75) is 33.6 Å². The van der Waals surface area contributed by atoms with Crippen molar-refractivity contribution in [2.75, 3.05) is 18.4 Å². The number of fused-ring (bicyclic) bond motifs is 1. The number of amides is 2. The number of H-pyrrole nitrogens is 1. The molecule has 0 spiro atoms. The molecule has 0 radical (unpaired) electrons. The number of aromatic amines is 1. The lowest BCUT2D eigenvalue weighted by atomic mass is 9.95. The van der Waals surface area contributed by atoms with Gasteiger partial charge in [0, 0.05) is 30.4 Å². The van der Waals surface area contributed by atoms with Gasteiger partial charge in [-0.1, -0.05) is 11.3 Å². The Bertz CT molecular complexity index is 1170. The second-order valence-corrected chi connectivity index (χ2v) is 7.93. The molecule has 0 atom stereocenters. The molecule has 2 aromatic heterocycles. The first-order chi connectivity index (χ1) is 14.3. The number of aromatic nitrogens is 4. The Morgan fingerprint density at radius 1 is 1.10 bits per heavy atom. The second-order valence-electron chi connectivity index (χ2n) is 7.93. The molecule has 1 aliphatic heterocycles. The van der Waals surface area contributed by atoms with E-state index in [0.717, 1.165) is 16.8 Å². The van der Waals surface area contributed by atoms with Gasteiger partial charge in [0.2, 0.25) is 5.91 Å². The first-order valence-electron chi connectivity index (χ1n) is 9.95. The smallest absolute Gasteiger partial charge is 0.276 e. The largest absolute Gasteiger partial charge is 0.337 e. The Kier molecular flexibility index (Phi) is 5.11. The monoisotopic (exact) mass is 408 g/mol. The Labute approximate surface area is 173 Å². The van der Waals surface area contributed by atoms with E-state index in [4.69, 9.17) is 0 Å². The molecule has 4 rings (SSSR count). The third-order valence-corrected chi connectivity index (χ3v) is 5.38. The van der Waals surface area contributed by atoms with Gasteiger partial charge >= 0.3 is 0 Å². The second kappa shape index (κ2) is 7.74. The molecule has 9 nitrogen and oxygen atoms in total. The summed E-state index contributed by atoms with van der Waals surface area (Å²) in [5, 5.41) is 10.8. The number of piperidine rings is 1. The minimum Gasteiger partial charge on any atom is -0.337 e. The lowest BCUT2D eigenvalue weighted by Crippen LogP contribution is -2.41. The molecule has 1 saturated heterocycles. The SMILES string of the molecule is Cc1cc(C)cc(NC(=O)C2CCN(C(=O)c3nnn4cc(C)[nH]c(=O)c34)CC2)c1. The Hall–Kier alpha value is -3.49. The quantitative estimate of drug-likeness (QED) is 0.687. The van der Waals surface area contributed by atoms with Crippen LogP contribution in [0.1, 0.15) is 40.2 Å². The van der Waals surface area contributed by atoms with Crippen LogP contribution in [0.15, 0.2) is 29.2 Å². The molecule has 30 heavy (non-hydrogen) atoms. The molecule has 0 bridgehead atoms. The molecule has 9 heteroatoms. The molecule has 1 aliphatic rings. The average Bonchev–Trinajstić information content (AvgIpc) is 3.11. The van der Waals surface area contributed by atoms with Crippen molar-refractivity contribution >= 4 is 23.0 Å². The fourth-order valence-corrected chi connectivity index (χ4v) is 3.98. The Balaban J connectivity index is 1.42. The highest BCUT2D eigenvalue weighted by molar-refractivity contribution is 5.99. The summed E-state index contributed by atoms with van der Waals surface area (Å²) in [6.07, 6.45) is 2.72. The van der Waals surface area contributed by atoms with Crippen LogP contribution in [0.3, 0.4) is 0 Å². The third-order valence-electron chi connectivity index (χ3n) is 5.38. The molecule has 1 fully saturated rings. The number of aryl methyl sites for hydroxylation is 3. The van der Waals surface area contributed by atoms with E-state index < -0.39 is 5.56 Å². The van der Waals surface area contributed by atoms with Crippen LogP contribution in [0, 0.1) is 26.7 Å². The van der Waals surface area contributed by atoms with Crippen LogP contribution >= 0.6 is 0 Å². The normalized spacial score (nSPS) is 14.8. The predicted octanol–water partition coefficient (Wildman–Crippen LogP) is 1.83. The maximum atomic E-state index is 12.9. The lowest BCUT2D eigenvalue weighted by molar-refractivity contribution is -0.121. The first-order valence-corrected chi connectivity index (χ1v) is 9.95. The molecular formula is C21H24N6O3. The van der Waals surface area contributed by atoms with Crippen LogP contribution in [0.2, 0.25) is 0 Å². The number of hydrogen-bond acceptors (Lipinski definition) is 5. The van der Waals surface area contributed by atoms with Crippen molar-refractivity contribution in [3.63, 3.8) is 0 Å². The summed E-state index contributed by atoms with van der Waals surface area (Å²) >= 11 is 0. The molecule has 2 N–H and O–H groups in total. The van der Waals surface area contributed by atoms with Crippen molar-refractivity contribution < 1.29 is 9.59 Å². The summed E-state index contributed by atoms with van der Waals surface area (Å²) in [4.78, 5) is 42.1. The van der Waals surface area contributed by atoms with Crippen molar-refractivity contribution in [3.8, 4) is 0 Å². The van der Waals surface area contributed by atoms with Crippen LogP contribution in [0.25, 0.3) is 5.52 Å². The van der Waals surface area contributed by atoms with Crippen molar-refractivity contribution in [1.29, 1.82) is 0 Å². The summed E-state index contributed by atoms with van der Waals surface area (Å²) in [5.41, 5.74) is 3.39. The zero-order valence-corrected chi connectivity index (χ0v) is 17.2. The van der Waals surface area contributed by atoms with Gasteiger partial charge in [0.05, 0.1) is 6.20 Å². The molecule has 156 valence electrons. The van der Waals surface area contributed by atoms with Crippen molar-refractivity contribution in [3.05, 3.63) is 57.3 Å². The molecule has 3 heterocycles. The summed E-state index contributed by atoms with van der Waals surface area (Å²) in [7, 11) is 0. The predicted molar refractivity (Wildman–Crippen MR) is 112 cm³/mol. The number of carbonyl (C=O) groups is 2. The van der Waals surface area contributed by atoms with Gasteiger partial charge < -0.3 is 15.2 Å². The van der Waals surface area contributed by atoms with Gasteiger partial charge in [-0.05, 0) is 56.9 Å². The van der Waals surface area contributed by atoms with E-state index in [1.54, 1.807) is 18.0 Å². The van der Waals surface area contributed by atoms with E-state index in [1.165, 1.54) is 4.52 Å². The topological polar surface area (TPSA) is 112 Å². The number of anilines is 1. The van der Waals surface area contributed by atoms with Crippen LogP contribution in [0.5, 0.6) is 0 Å². The van der Waals surface area contributed by atoms with E-state index in [-0.39, 0.29) is 28.9 Å². The number of nitrogens with zero attached hydrogens (tertiary/aromatic N) is 4. The minimum atomic E-state index is -0.397. The average molecular weight is 408 g/mol.